The minimum absolute atomic E-state index is 0.118. The number of rotatable bonds is 7. The van der Waals surface area contributed by atoms with Gasteiger partial charge in [-0.3, -0.25) is 4.79 Å². The van der Waals surface area contributed by atoms with Crippen molar-refractivity contribution in [1.82, 2.24) is 0 Å². The summed E-state index contributed by atoms with van der Waals surface area (Å²) in [6.07, 6.45) is 2.55. The quantitative estimate of drug-likeness (QED) is 0.400. The maximum Gasteiger partial charge on any atom is 0.305 e. The predicted octanol–water partition coefficient (Wildman–Crippen LogP) is 3.99. The first kappa shape index (κ1) is 17.6. The number of ether oxygens (including phenoxy) is 1. The van der Waals surface area contributed by atoms with E-state index in [1.165, 1.54) is 7.11 Å². The molecule has 0 aliphatic carbocycles. The smallest absolute Gasteiger partial charge is 0.305 e. The van der Waals surface area contributed by atoms with Gasteiger partial charge < -0.3 is 9.16 Å². The molecule has 0 aliphatic rings. The second-order valence-corrected chi connectivity index (χ2v) is 11.4. The van der Waals surface area contributed by atoms with Crippen LogP contribution >= 0.6 is 0 Å². The third-order valence-electron chi connectivity index (χ3n) is 3.85. The van der Waals surface area contributed by atoms with Crippen molar-refractivity contribution in [3.05, 3.63) is 0 Å². The van der Waals surface area contributed by atoms with Gasteiger partial charge in [-0.05, 0) is 36.9 Å². The Morgan fingerprint density at radius 2 is 1.83 bits per heavy atom. The van der Waals surface area contributed by atoms with Crippen LogP contribution < -0.4 is 0 Å². The van der Waals surface area contributed by atoms with E-state index in [0.29, 0.717) is 12.3 Å². The molecule has 0 rings (SSSR count). The Labute approximate surface area is 113 Å². The van der Waals surface area contributed by atoms with Crippen molar-refractivity contribution in [2.24, 2.45) is 5.92 Å². The molecular weight excluding hydrogens is 244 g/mol. The fourth-order valence-electron chi connectivity index (χ4n) is 1.45. The molecule has 0 aromatic carbocycles. The highest BCUT2D eigenvalue weighted by molar-refractivity contribution is 6.74. The van der Waals surface area contributed by atoms with Crippen LogP contribution in [0.5, 0.6) is 0 Å². The molecule has 4 heteroatoms. The number of esters is 1. The van der Waals surface area contributed by atoms with Crippen molar-refractivity contribution >= 4 is 14.3 Å². The molecule has 0 bridgehead atoms. The second kappa shape index (κ2) is 7.29. The summed E-state index contributed by atoms with van der Waals surface area (Å²) in [5.41, 5.74) is 0. The van der Waals surface area contributed by atoms with E-state index in [1.54, 1.807) is 0 Å². The fourth-order valence-corrected chi connectivity index (χ4v) is 2.53. The zero-order valence-electron chi connectivity index (χ0n) is 13.1. The number of hydrogen-bond acceptors (Lipinski definition) is 3. The first-order chi connectivity index (χ1) is 8.10. The molecule has 3 nitrogen and oxygen atoms in total. The summed E-state index contributed by atoms with van der Waals surface area (Å²) < 4.78 is 10.8. The van der Waals surface area contributed by atoms with E-state index < -0.39 is 8.32 Å². The summed E-state index contributed by atoms with van der Waals surface area (Å²) in [6, 6.07) is 0. The molecule has 0 amide bonds. The van der Waals surface area contributed by atoms with Crippen molar-refractivity contribution < 1.29 is 14.0 Å². The number of hydrogen-bond donors (Lipinski definition) is 0. The van der Waals surface area contributed by atoms with Crippen molar-refractivity contribution in [2.75, 3.05) is 13.7 Å². The van der Waals surface area contributed by atoms with Crippen LogP contribution in [0.25, 0.3) is 0 Å². The predicted molar refractivity (Wildman–Crippen MR) is 78.2 cm³/mol. The van der Waals surface area contributed by atoms with Crippen LogP contribution in [0.1, 0.15) is 47.0 Å². The Balaban J connectivity index is 3.84. The zero-order chi connectivity index (χ0) is 14.4. The lowest BCUT2D eigenvalue weighted by Gasteiger charge is -2.36. The van der Waals surface area contributed by atoms with Gasteiger partial charge >= 0.3 is 5.97 Å². The summed E-state index contributed by atoms with van der Waals surface area (Å²) in [7, 11) is -0.167. The normalized spacial score (nSPS) is 14.4. The van der Waals surface area contributed by atoms with Crippen molar-refractivity contribution in [3.63, 3.8) is 0 Å². The lowest BCUT2D eigenvalue weighted by molar-refractivity contribution is -0.141. The summed E-state index contributed by atoms with van der Waals surface area (Å²) in [5, 5.41) is 0.268. The van der Waals surface area contributed by atoms with Gasteiger partial charge in [-0.2, -0.15) is 0 Å². The van der Waals surface area contributed by atoms with Gasteiger partial charge in [0.05, 0.1) is 7.11 Å². The monoisotopic (exact) mass is 274 g/mol. The van der Waals surface area contributed by atoms with E-state index in [0.717, 1.165) is 19.4 Å². The Morgan fingerprint density at radius 1 is 1.28 bits per heavy atom. The number of carbonyl (C=O) groups is 1. The van der Waals surface area contributed by atoms with Gasteiger partial charge in [0.25, 0.3) is 0 Å². The molecule has 0 saturated heterocycles. The van der Waals surface area contributed by atoms with Crippen LogP contribution in [0, 0.1) is 5.92 Å². The van der Waals surface area contributed by atoms with Crippen LogP contribution in [0.4, 0.5) is 0 Å². The van der Waals surface area contributed by atoms with E-state index in [9.17, 15) is 4.79 Å². The molecule has 0 aromatic rings. The van der Waals surface area contributed by atoms with E-state index in [1.807, 2.05) is 0 Å². The first-order valence-electron chi connectivity index (χ1n) is 6.81. The van der Waals surface area contributed by atoms with Crippen LogP contribution in [-0.4, -0.2) is 28.0 Å². The lowest BCUT2D eigenvalue weighted by Crippen LogP contribution is -2.41. The van der Waals surface area contributed by atoms with E-state index in [-0.39, 0.29) is 11.0 Å². The van der Waals surface area contributed by atoms with Gasteiger partial charge in [0.15, 0.2) is 8.32 Å². The summed E-state index contributed by atoms with van der Waals surface area (Å²) in [6.45, 7) is 14.2. The summed E-state index contributed by atoms with van der Waals surface area (Å²) in [5.74, 6) is 0.258. The fraction of sp³-hybridized carbons (Fsp3) is 0.929. The average Bonchev–Trinajstić information content (AvgIpc) is 2.22. The van der Waals surface area contributed by atoms with Gasteiger partial charge in [0.1, 0.15) is 0 Å². The molecule has 0 heterocycles. The van der Waals surface area contributed by atoms with Gasteiger partial charge in [0.2, 0.25) is 0 Å². The third-order valence-corrected chi connectivity index (χ3v) is 8.39. The van der Waals surface area contributed by atoms with Crippen molar-refractivity contribution in [3.8, 4) is 0 Å². The topological polar surface area (TPSA) is 35.5 Å². The van der Waals surface area contributed by atoms with Gasteiger partial charge in [-0.1, -0.05) is 27.7 Å². The van der Waals surface area contributed by atoms with Gasteiger partial charge in [0, 0.05) is 13.0 Å². The van der Waals surface area contributed by atoms with Crippen LogP contribution in [0.3, 0.4) is 0 Å². The highest BCUT2D eigenvalue weighted by atomic mass is 28.4. The van der Waals surface area contributed by atoms with Crippen LogP contribution in [0.2, 0.25) is 18.1 Å². The molecule has 18 heavy (non-hydrogen) atoms. The zero-order valence-corrected chi connectivity index (χ0v) is 14.1. The highest BCUT2D eigenvalue weighted by Gasteiger charge is 2.36. The Morgan fingerprint density at radius 3 is 2.28 bits per heavy atom. The molecular formula is C14H30O3Si. The molecule has 0 unspecified atom stereocenters. The molecule has 0 N–H and O–H groups in total. The molecule has 0 fully saturated rings. The second-order valence-electron chi connectivity index (χ2n) is 6.64. The maximum atomic E-state index is 11.1. The maximum absolute atomic E-state index is 11.1. The van der Waals surface area contributed by atoms with Gasteiger partial charge in [-0.15, -0.1) is 0 Å². The molecule has 0 saturated carbocycles. The largest absolute Gasteiger partial charge is 0.469 e. The van der Waals surface area contributed by atoms with Crippen LogP contribution in [-0.2, 0) is 14.0 Å². The lowest BCUT2D eigenvalue weighted by atomic mass is 10.0. The first-order valence-corrected chi connectivity index (χ1v) is 9.71. The van der Waals surface area contributed by atoms with Crippen molar-refractivity contribution in [1.29, 1.82) is 0 Å². The Hall–Kier alpha value is -0.353. The minimum atomic E-state index is -1.61. The molecule has 0 radical (unpaired) electrons. The summed E-state index contributed by atoms with van der Waals surface area (Å²) >= 11 is 0. The molecule has 0 aromatic heterocycles. The number of methoxy groups -OCH3 is 1. The standard InChI is InChI=1S/C14H30O3Si/c1-12(11-13(15)16-5)9-8-10-17-18(6,7)14(2,3)4/h12H,8-11H2,1-7H3/t12-/m1/s1. The Bertz CT molecular complexity index is 256. The average molecular weight is 274 g/mol. The Kier molecular flexibility index (Phi) is 7.15. The molecule has 1 atom stereocenters. The van der Waals surface area contributed by atoms with Crippen molar-refractivity contribution in [2.45, 2.75) is 65.1 Å². The minimum Gasteiger partial charge on any atom is -0.469 e. The van der Waals surface area contributed by atoms with E-state index in [2.05, 4.69) is 45.5 Å². The van der Waals surface area contributed by atoms with E-state index >= 15 is 0 Å². The molecule has 0 spiro atoms. The summed E-state index contributed by atoms with van der Waals surface area (Å²) in [4.78, 5) is 11.1. The van der Waals surface area contributed by atoms with Crippen LogP contribution in [0.15, 0.2) is 0 Å². The third kappa shape index (κ3) is 6.54. The molecule has 108 valence electrons. The highest BCUT2D eigenvalue weighted by Crippen LogP contribution is 2.36. The SMILES string of the molecule is COC(=O)C[C@H](C)CCCO[Si](C)(C)C(C)(C)C. The number of carbonyl (C=O) groups excluding carboxylic acids is 1. The van der Waals surface area contributed by atoms with Gasteiger partial charge in [-0.25, -0.2) is 0 Å². The van der Waals surface area contributed by atoms with E-state index in [4.69, 9.17) is 4.43 Å². The molecule has 0 aliphatic heterocycles.